The van der Waals surface area contributed by atoms with Gasteiger partial charge in [-0.05, 0) is 26.0 Å². The van der Waals surface area contributed by atoms with Crippen molar-refractivity contribution in [2.24, 2.45) is 0 Å². The second-order valence-corrected chi connectivity index (χ2v) is 4.39. The van der Waals surface area contributed by atoms with Gasteiger partial charge in [0.05, 0.1) is 12.1 Å². The Labute approximate surface area is 105 Å². The number of furan rings is 1. The summed E-state index contributed by atoms with van der Waals surface area (Å²) in [5.74, 6) is -0.615. The number of rotatable bonds is 3. The van der Waals surface area contributed by atoms with Crippen LogP contribution >= 0.6 is 0 Å². The van der Waals surface area contributed by atoms with Crippen LogP contribution in [0, 0.1) is 0 Å². The van der Waals surface area contributed by atoms with Crippen molar-refractivity contribution in [1.82, 2.24) is 10.2 Å². The van der Waals surface area contributed by atoms with Crippen molar-refractivity contribution >= 4 is 11.9 Å². The summed E-state index contributed by atoms with van der Waals surface area (Å²) >= 11 is 0. The summed E-state index contributed by atoms with van der Waals surface area (Å²) in [6.45, 7) is 5.04. The fourth-order valence-electron chi connectivity index (χ4n) is 2.18. The van der Waals surface area contributed by atoms with Crippen molar-refractivity contribution in [1.29, 1.82) is 0 Å². The van der Waals surface area contributed by atoms with E-state index in [2.05, 4.69) is 5.32 Å². The average Bonchev–Trinajstić information content (AvgIpc) is 2.81. The highest BCUT2D eigenvalue weighted by Crippen LogP contribution is 2.25. The Bertz CT molecular complexity index is 468. The van der Waals surface area contributed by atoms with E-state index in [0.29, 0.717) is 12.3 Å². The number of carbonyl (C=O) groups is 2. The lowest BCUT2D eigenvalue weighted by atomic mass is 10.1. The summed E-state index contributed by atoms with van der Waals surface area (Å²) in [6.07, 6.45) is 0. The third kappa shape index (κ3) is 2.24. The minimum Gasteiger partial charge on any atom is -0.475 e. The van der Waals surface area contributed by atoms with Gasteiger partial charge in [0.2, 0.25) is 11.7 Å². The molecule has 0 radical (unpaired) electrons. The lowest BCUT2D eigenvalue weighted by Crippen LogP contribution is -2.54. The largest absolute Gasteiger partial charge is 0.475 e. The SMILES string of the molecule is CC1C(=O)NCCN1C(C)c1ccc(C(=O)O)o1. The number of nitrogens with zero attached hydrogens (tertiary/aromatic N) is 1. The van der Waals surface area contributed by atoms with E-state index in [1.54, 1.807) is 6.07 Å². The smallest absolute Gasteiger partial charge is 0.371 e. The van der Waals surface area contributed by atoms with Crippen LogP contribution in [0.5, 0.6) is 0 Å². The van der Waals surface area contributed by atoms with Crippen LogP contribution in [-0.4, -0.2) is 41.0 Å². The monoisotopic (exact) mass is 252 g/mol. The highest BCUT2D eigenvalue weighted by molar-refractivity contribution is 5.84. The number of amides is 1. The van der Waals surface area contributed by atoms with Crippen molar-refractivity contribution < 1.29 is 19.1 Å². The van der Waals surface area contributed by atoms with Gasteiger partial charge in [0.15, 0.2) is 0 Å². The number of hydrogen-bond acceptors (Lipinski definition) is 4. The van der Waals surface area contributed by atoms with Gasteiger partial charge in [-0.25, -0.2) is 4.79 Å². The topological polar surface area (TPSA) is 82.8 Å². The Morgan fingerprint density at radius 3 is 2.94 bits per heavy atom. The number of carboxylic acid groups (broad SMARTS) is 1. The maximum Gasteiger partial charge on any atom is 0.371 e. The Morgan fingerprint density at radius 2 is 2.33 bits per heavy atom. The molecule has 1 aliphatic rings. The number of aromatic carboxylic acids is 1. The highest BCUT2D eigenvalue weighted by atomic mass is 16.4. The van der Waals surface area contributed by atoms with Crippen LogP contribution < -0.4 is 5.32 Å². The molecule has 0 aromatic carbocycles. The molecule has 1 aliphatic heterocycles. The highest BCUT2D eigenvalue weighted by Gasteiger charge is 2.31. The minimum atomic E-state index is -1.09. The van der Waals surface area contributed by atoms with E-state index in [1.165, 1.54) is 6.07 Å². The standard InChI is InChI=1S/C12H16N2O4/c1-7(9-3-4-10(18-9)12(16)17)14-6-5-13-11(15)8(14)2/h3-4,7-8H,5-6H2,1-2H3,(H,13,15)(H,16,17). The van der Waals surface area contributed by atoms with Gasteiger partial charge in [-0.3, -0.25) is 9.69 Å². The zero-order chi connectivity index (χ0) is 13.3. The summed E-state index contributed by atoms with van der Waals surface area (Å²) in [4.78, 5) is 24.3. The van der Waals surface area contributed by atoms with Gasteiger partial charge in [-0.1, -0.05) is 0 Å². The van der Waals surface area contributed by atoms with Gasteiger partial charge in [-0.2, -0.15) is 0 Å². The summed E-state index contributed by atoms with van der Waals surface area (Å²) in [5.41, 5.74) is 0. The molecule has 1 aromatic rings. The first-order chi connectivity index (χ1) is 8.50. The fourth-order valence-corrected chi connectivity index (χ4v) is 2.18. The Hall–Kier alpha value is -1.82. The van der Waals surface area contributed by atoms with E-state index in [0.717, 1.165) is 6.54 Å². The van der Waals surface area contributed by atoms with Crippen LogP contribution in [0.25, 0.3) is 0 Å². The first kappa shape index (κ1) is 12.6. The van der Waals surface area contributed by atoms with Crippen molar-refractivity contribution in [3.05, 3.63) is 23.7 Å². The maximum absolute atomic E-state index is 11.6. The molecule has 6 heteroatoms. The number of carboxylic acids is 1. The zero-order valence-electron chi connectivity index (χ0n) is 10.3. The third-order valence-electron chi connectivity index (χ3n) is 3.29. The normalized spacial score (nSPS) is 22.6. The molecule has 2 rings (SSSR count). The first-order valence-electron chi connectivity index (χ1n) is 5.87. The fraction of sp³-hybridized carbons (Fsp3) is 0.500. The summed E-state index contributed by atoms with van der Waals surface area (Å²) < 4.78 is 5.27. The molecule has 2 N–H and O–H groups in total. The van der Waals surface area contributed by atoms with Crippen LogP contribution in [0.15, 0.2) is 16.5 Å². The predicted molar refractivity (Wildman–Crippen MR) is 63.3 cm³/mol. The number of carbonyl (C=O) groups excluding carboxylic acids is 1. The van der Waals surface area contributed by atoms with Crippen LogP contribution in [0.1, 0.15) is 36.2 Å². The van der Waals surface area contributed by atoms with Crippen LogP contribution in [-0.2, 0) is 4.79 Å². The molecule has 1 saturated heterocycles. The third-order valence-corrected chi connectivity index (χ3v) is 3.29. The molecule has 18 heavy (non-hydrogen) atoms. The van der Waals surface area contributed by atoms with E-state index >= 15 is 0 Å². The lowest BCUT2D eigenvalue weighted by Gasteiger charge is -2.36. The Kier molecular flexibility index (Phi) is 3.38. The quantitative estimate of drug-likeness (QED) is 0.833. The van der Waals surface area contributed by atoms with E-state index in [-0.39, 0.29) is 23.8 Å². The molecule has 0 spiro atoms. The van der Waals surface area contributed by atoms with Crippen molar-refractivity contribution in [3.8, 4) is 0 Å². The van der Waals surface area contributed by atoms with Gasteiger partial charge in [-0.15, -0.1) is 0 Å². The van der Waals surface area contributed by atoms with Gasteiger partial charge in [0, 0.05) is 13.1 Å². The number of hydrogen-bond donors (Lipinski definition) is 2. The Balaban J connectivity index is 2.16. The maximum atomic E-state index is 11.6. The van der Waals surface area contributed by atoms with E-state index in [1.807, 2.05) is 18.7 Å². The zero-order valence-corrected chi connectivity index (χ0v) is 10.3. The van der Waals surface area contributed by atoms with Gasteiger partial charge in [0.1, 0.15) is 5.76 Å². The number of piperazine rings is 1. The molecule has 2 heterocycles. The molecule has 1 amide bonds. The van der Waals surface area contributed by atoms with E-state index in [9.17, 15) is 9.59 Å². The van der Waals surface area contributed by atoms with Crippen LogP contribution in [0.2, 0.25) is 0 Å². The molecule has 0 saturated carbocycles. The molecule has 1 aromatic heterocycles. The van der Waals surface area contributed by atoms with Crippen molar-refractivity contribution in [3.63, 3.8) is 0 Å². The Morgan fingerprint density at radius 1 is 1.61 bits per heavy atom. The van der Waals surface area contributed by atoms with E-state index < -0.39 is 5.97 Å². The molecule has 0 aliphatic carbocycles. The molecular formula is C12H16N2O4. The van der Waals surface area contributed by atoms with E-state index in [4.69, 9.17) is 9.52 Å². The second kappa shape index (κ2) is 4.81. The summed E-state index contributed by atoms with van der Waals surface area (Å²) in [6, 6.07) is 2.71. The van der Waals surface area contributed by atoms with Crippen molar-refractivity contribution in [2.45, 2.75) is 25.9 Å². The summed E-state index contributed by atoms with van der Waals surface area (Å²) in [5, 5.41) is 11.6. The molecule has 2 atom stereocenters. The van der Waals surface area contributed by atoms with Crippen molar-refractivity contribution in [2.75, 3.05) is 13.1 Å². The molecule has 6 nitrogen and oxygen atoms in total. The predicted octanol–water partition coefficient (Wildman–Crippen LogP) is 0.859. The molecule has 1 fully saturated rings. The second-order valence-electron chi connectivity index (χ2n) is 4.39. The molecule has 2 unspecified atom stereocenters. The average molecular weight is 252 g/mol. The molecule has 0 bridgehead atoms. The molecular weight excluding hydrogens is 236 g/mol. The van der Waals surface area contributed by atoms with Gasteiger partial charge < -0.3 is 14.8 Å². The minimum absolute atomic E-state index is 0.0156. The molecule has 98 valence electrons. The summed E-state index contributed by atoms with van der Waals surface area (Å²) in [7, 11) is 0. The van der Waals surface area contributed by atoms with Gasteiger partial charge >= 0.3 is 5.97 Å². The number of nitrogens with one attached hydrogen (secondary N) is 1. The first-order valence-corrected chi connectivity index (χ1v) is 5.87. The van der Waals surface area contributed by atoms with Crippen LogP contribution in [0.4, 0.5) is 0 Å². The van der Waals surface area contributed by atoms with Crippen LogP contribution in [0.3, 0.4) is 0 Å². The lowest BCUT2D eigenvalue weighted by molar-refractivity contribution is -0.129. The van der Waals surface area contributed by atoms with Gasteiger partial charge in [0.25, 0.3) is 0 Å².